The van der Waals surface area contributed by atoms with Gasteiger partial charge in [-0.3, -0.25) is 9.59 Å². The second-order valence-corrected chi connectivity index (χ2v) is 6.04. The molecule has 0 aliphatic carbocycles. The lowest BCUT2D eigenvalue weighted by atomic mass is 10.0. The molecule has 2 rings (SSSR count). The minimum atomic E-state index is -0.994. The average molecular weight is 318 g/mol. The van der Waals surface area contributed by atoms with Gasteiger partial charge in [0.2, 0.25) is 5.91 Å². The van der Waals surface area contributed by atoms with Crippen molar-refractivity contribution in [2.24, 2.45) is 0 Å². The highest BCUT2D eigenvalue weighted by atomic mass is 16.4. The Morgan fingerprint density at radius 2 is 1.91 bits per heavy atom. The summed E-state index contributed by atoms with van der Waals surface area (Å²) in [7, 11) is 0. The summed E-state index contributed by atoms with van der Waals surface area (Å²) in [4.78, 5) is 36.6. The normalized spacial score (nSPS) is 17.3. The molecule has 1 aromatic carbocycles. The van der Waals surface area contributed by atoms with Crippen molar-refractivity contribution in [3.8, 4) is 0 Å². The van der Waals surface area contributed by atoms with Gasteiger partial charge >= 0.3 is 5.97 Å². The van der Waals surface area contributed by atoms with E-state index in [2.05, 4.69) is 19.2 Å². The van der Waals surface area contributed by atoms with E-state index in [1.165, 1.54) is 4.90 Å². The molecule has 0 saturated carbocycles. The predicted octanol–water partition coefficient (Wildman–Crippen LogP) is 1.62. The zero-order chi connectivity index (χ0) is 17.0. The predicted molar refractivity (Wildman–Crippen MR) is 85.2 cm³/mol. The summed E-state index contributed by atoms with van der Waals surface area (Å²) in [6.45, 7) is 4.38. The van der Waals surface area contributed by atoms with E-state index in [1.54, 1.807) is 12.1 Å². The number of hydrogen-bond acceptors (Lipinski definition) is 3. The highest BCUT2D eigenvalue weighted by Crippen LogP contribution is 2.17. The molecular weight excluding hydrogens is 296 g/mol. The van der Waals surface area contributed by atoms with Gasteiger partial charge in [0, 0.05) is 12.1 Å². The van der Waals surface area contributed by atoms with Crippen molar-refractivity contribution in [1.82, 2.24) is 10.2 Å². The van der Waals surface area contributed by atoms with Crippen molar-refractivity contribution in [3.05, 3.63) is 35.4 Å². The minimum Gasteiger partial charge on any atom is -0.480 e. The lowest BCUT2D eigenvalue weighted by Crippen LogP contribution is -2.45. The van der Waals surface area contributed by atoms with E-state index in [4.69, 9.17) is 5.11 Å². The third-order valence-electron chi connectivity index (χ3n) is 4.10. The van der Waals surface area contributed by atoms with Crippen molar-refractivity contribution in [3.63, 3.8) is 0 Å². The van der Waals surface area contributed by atoms with E-state index in [-0.39, 0.29) is 18.4 Å². The van der Waals surface area contributed by atoms with Crippen molar-refractivity contribution < 1.29 is 19.5 Å². The number of nitrogens with one attached hydrogen (secondary N) is 1. The van der Waals surface area contributed by atoms with Crippen LogP contribution in [-0.2, 0) is 9.59 Å². The summed E-state index contributed by atoms with van der Waals surface area (Å²) in [6.07, 6.45) is 1.14. The number of carboxylic acid groups (broad SMARTS) is 1. The SMILES string of the molecule is CC(C)c1ccc(C(=O)NCC(=O)N2CCCC2C(=O)O)cc1. The number of aliphatic carboxylic acids is 1. The highest BCUT2D eigenvalue weighted by molar-refractivity contribution is 5.97. The van der Waals surface area contributed by atoms with Gasteiger partial charge in [-0.2, -0.15) is 0 Å². The Balaban J connectivity index is 1.91. The first kappa shape index (κ1) is 17.0. The number of amides is 2. The Hall–Kier alpha value is -2.37. The van der Waals surface area contributed by atoms with Crippen LogP contribution in [0.1, 0.15) is 48.5 Å². The lowest BCUT2D eigenvalue weighted by Gasteiger charge is -2.21. The molecule has 0 aromatic heterocycles. The number of carbonyl (C=O) groups excluding carboxylic acids is 2. The van der Waals surface area contributed by atoms with Gasteiger partial charge in [0.1, 0.15) is 6.04 Å². The molecule has 124 valence electrons. The van der Waals surface area contributed by atoms with Crippen LogP contribution in [0.25, 0.3) is 0 Å². The molecule has 1 aliphatic rings. The average Bonchev–Trinajstić information content (AvgIpc) is 3.02. The Morgan fingerprint density at radius 1 is 1.26 bits per heavy atom. The van der Waals surface area contributed by atoms with E-state index in [0.717, 1.165) is 5.56 Å². The topological polar surface area (TPSA) is 86.7 Å². The molecular formula is C17H22N2O4. The zero-order valence-electron chi connectivity index (χ0n) is 13.4. The number of benzene rings is 1. The van der Waals surface area contributed by atoms with Crippen molar-refractivity contribution in [1.29, 1.82) is 0 Å². The van der Waals surface area contributed by atoms with Crippen LogP contribution in [0.2, 0.25) is 0 Å². The second-order valence-electron chi connectivity index (χ2n) is 6.04. The number of carboxylic acids is 1. The van der Waals surface area contributed by atoms with Gasteiger partial charge in [0.15, 0.2) is 0 Å². The van der Waals surface area contributed by atoms with Gasteiger partial charge in [0.25, 0.3) is 5.91 Å². The summed E-state index contributed by atoms with van der Waals surface area (Å²) in [5.74, 6) is -1.30. The van der Waals surface area contributed by atoms with E-state index < -0.39 is 12.0 Å². The zero-order valence-corrected chi connectivity index (χ0v) is 13.4. The van der Waals surface area contributed by atoms with Crippen LogP contribution < -0.4 is 5.32 Å². The Morgan fingerprint density at radius 3 is 2.48 bits per heavy atom. The first-order valence-electron chi connectivity index (χ1n) is 7.80. The quantitative estimate of drug-likeness (QED) is 0.863. The second kappa shape index (κ2) is 7.26. The van der Waals surface area contributed by atoms with Crippen molar-refractivity contribution >= 4 is 17.8 Å². The first-order chi connectivity index (χ1) is 10.9. The number of hydrogen-bond donors (Lipinski definition) is 2. The van der Waals surface area contributed by atoms with Gasteiger partial charge in [-0.05, 0) is 36.5 Å². The van der Waals surface area contributed by atoms with E-state index >= 15 is 0 Å². The summed E-state index contributed by atoms with van der Waals surface area (Å²) < 4.78 is 0. The molecule has 0 bridgehead atoms. The van der Waals surface area contributed by atoms with Gasteiger partial charge < -0.3 is 15.3 Å². The summed E-state index contributed by atoms with van der Waals surface area (Å²) in [6, 6.07) is 6.46. The van der Waals surface area contributed by atoms with Gasteiger partial charge in [-0.25, -0.2) is 4.79 Å². The molecule has 23 heavy (non-hydrogen) atoms. The van der Waals surface area contributed by atoms with E-state index in [1.807, 2.05) is 12.1 Å². The van der Waals surface area contributed by atoms with Crippen LogP contribution >= 0.6 is 0 Å². The molecule has 1 atom stereocenters. The van der Waals surface area contributed by atoms with Gasteiger partial charge in [0.05, 0.1) is 6.54 Å². The Labute approximate surface area is 135 Å². The summed E-state index contributed by atoms with van der Waals surface area (Å²) >= 11 is 0. The maximum Gasteiger partial charge on any atom is 0.326 e. The van der Waals surface area contributed by atoms with Gasteiger partial charge in [-0.1, -0.05) is 26.0 Å². The number of rotatable bonds is 5. The number of carbonyl (C=O) groups is 3. The maximum absolute atomic E-state index is 12.1. The summed E-state index contributed by atoms with van der Waals surface area (Å²) in [5.41, 5.74) is 1.62. The largest absolute Gasteiger partial charge is 0.480 e. The van der Waals surface area contributed by atoms with Crippen molar-refractivity contribution in [2.45, 2.75) is 38.6 Å². The standard InChI is InChI=1S/C17H22N2O4/c1-11(2)12-5-7-13(8-6-12)16(21)18-10-15(20)19-9-3-4-14(19)17(22)23/h5-8,11,14H,3-4,9-10H2,1-2H3,(H,18,21)(H,22,23). The molecule has 1 fully saturated rings. The fraction of sp³-hybridized carbons (Fsp3) is 0.471. The van der Waals surface area contributed by atoms with Crippen LogP contribution in [0.15, 0.2) is 24.3 Å². The molecule has 1 aliphatic heterocycles. The van der Waals surface area contributed by atoms with Crippen LogP contribution in [0.4, 0.5) is 0 Å². The molecule has 2 N–H and O–H groups in total. The lowest BCUT2D eigenvalue weighted by molar-refractivity contribution is -0.147. The number of nitrogens with zero attached hydrogens (tertiary/aromatic N) is 1. The van der Waals surface area contributed by atoms with Crippen molar-refractivity contribution in [2.75, 3.05) is 13.1 Å². The van der Waals surface area contributed by atoms with Crippen LogP contribution in [0, 0.1) is 0 Å². The fourth-order valence-corrected chi connectivity index (χ4v) is 2.70. The molecule has 6 heteroatoms. The Bertz CT molecular complexity index is 595. The minimum absolute atomic E-state index is 0.186. The molecule has 1 heterocycles. The molecule has 0 spiro atoms. The van der Waals surface area contributed by atoms with Crippen LogP contribution in [-0.4, -0.2) is 46.9 Å². The monoisotopic (exact) mass is 318 g/mol. The molecule has 0 radical (unpaired) electrons. The molecule has 2 amide bonds. The number of likely N-dealkylation sites (tertiary alicyclic amines) is 1. The third kappa shape index (κ3) is 4.09. The molecule has 6 nitrogen and oxygen atoms in total. The molecule has 1 unspecified atom stereocenters. The maximum atomic E-state index is 12.1. The smallest absolute Gasteiger partial charge is 0.326 e. The third-order valence-corrected chi connectivity index (χ3v) is 4.10. The van der Waals surface area contributed by atoms with Crippen LogP contribution in [0.3, 0.4) is 0 Å². The molecule has 1 aromatic rings. The van der Waals surface area contributed by atoms with E-state index in [9.17, 15) is 14.4 Å². The Kier molecular flexibility index (Phi) is 5.36. The van der Waals surface area contributed by atoms with Crippen LogP contribution in [0.5, 0.6) is 0 Å². The van der Waals surface area contributed by atoms with E-state index in [0.29, 0.717) is 30.9 Å². The molecule has 1 saturated heterocycles. The van der Waals surface area contributed by atoms with Gasteiger partial charge in [-0.15, -0.1) is 0 Å². The highest BCUT2D eigenvalue weighted by Gasteiger charge is 2.33. The first-order valence-corrected chi connectivity index (χ1v) is 7.80. The fourth-order valence-electron chi connectivity index (χ4n) is 2.70. The summed E-state index contributed by atoms with van der Waals surface area (Å²) in [5, 5.41) is 11.6.